The molecule has 0 aromatic rings. The number of carbonyl (C=O) groups is 1. The Hall–Kier alpha value is 1.21. The van der Waals surface area contributed by atoms with E-state index in [4.69, 9.17) is 69.6 Å². The molecular formula is C5H3Cl6O2. The molecule has 2 nitrogen and oxygen atoms in total. The number of ether oxygens (including phenoxy) is 1. The molecule has 0 N–H and O–H groups in total. The molecule has 0 fully saturated rings. The van der Waals surface area contributed by atoms with Crippen molar-refractivity contribution in [3.8, 4) is 0 Å². The van der Waals surface area contributed by atoms with E-state index in [1.54, 1.807) is 0 Å². The summed E-state index contributed by atoms with van der Waals surface area (Å²) in [5.74, 6) is -0.868. The summed E-state index contributed by atoms with van der Waals surface area (Å²) in [6, 6.07) is 0. The van der Waals surface area contributed by atoms with Crippen molar-refractivity contribution in [1.82, 2.24) is 0 Å². The Kier molecular flexibility index (Phi) is 6.49. The molecule has 0 aliphatic rings. The van der Waals surface area contributed by atoms with Gasteiger partial charge in [0.2, 0.25) is 3.79 Å². The maximum absolute atomic E-state index is 10.9. The lowest BCUT2D eigenvalue weighted by Crippen LogP contribution is -2.24. The van der Waals surface area contributed by atoms with Gasteiger partial charge in [-0.3, -0.25) is 4.79 Å². The van der Waals surface area contributed by atoms with Crippen molar-refractivity contribution < 1.29 is 9.53 Å². The van der Waals surface area contributed by atoms with Gasteiger partial charge in [0, 0.05) is 0 Å². The standard InChI is InChI=1S/C5H3Cl6O2/c6-2(3(7)8)4(12)13-1-5(9,10)11/h2H,1H2. The smallest absolute Gasteiger partial charge is 0.327 e. The van der Waals surface area contributed by atoms with Crippen LogP contribution in [-0.4, -0.2) is 21.7 Å². The second-order valence-corrected chi connectivity index (χ2v) is 5.84. The molecule has 1 unspecified atom stereocenters. The molecule has 0 bridgehead atoms. The van der Waals surface area contributed by atoms with Crippen LogP contribution in [0.4, 0.5) is 0 Å². The highest BCUT2D eigenvalue weighted by atomic mass is 35.6. The predicted molar refractivity (Wildman–Crippen MR) is 55.8 cm³/mol. The fourth-order valence-electron chi connectivity index (χ4n) is 0.315. The highest BCUT2D eigenvalue weighted by molar-refractivity contribution is 6.67. The Morgan fingerprint density at radius 1 is 1.31 bits per heavy atom. The number of esters is 1. The van der Waals surface area contributed by atoms with E-state index >= 15 is 0 Å². The summed E-state index contributed by atoms with van der Waals surface area (Å²) in [5, 5.41) is -1.25. The van der Waals surface area contributed by atoms with Gasteiger partial charge >= 0.3 is 5.97 Å². The third-order valence-corrected chi connectivity index (χ3v) is 2.16. The van der Waals surface area contributed by atoms with E-state index in [0.29, 0.717) is 0 Å². The molecule has 0 saturated heterocycles. The third kappa shape index (κ3) is 7.18. The van der Waals surface area contributed by atoms with Crippen LogP contribution in [0.5, 0.6) is 0 Å². The van der Waals surface area contributed by atoms with Gasteiger partial charge in [0.15, 0.2) is 10.2 Å². The Morgan fingerprint density at radius 3 is 2.08 bits per heavy atom. The first-order chi connectivity index (χ1) is 5.74. The zero-order valence-electron chi connectivity index (χ0n) is 5.87. The van der Waals surface area contributed by atoms with Gasteiger partial charge in [-0.1, -0.05) is 58.0 Å². The van der Waals surface area contributed by atoms with Gasteiger partial charge in [-0.2, -0.15) is 0 Å². The molecule has 0 aliphatic carbocycles. The van der Waals surface area contributed by atoms with Crippen LogP contribution in [0.15, 0.2) is 0 Å². The average molecular weight is 308 g/mol. The maximum Gasteiger partial charge on any atom is 0.327 e. The Morgan fingerprint density at radius 2 is 1.77 bits per heavy atom. The highest BCUT2D eigenvalue weighted by Crippen LogP contribution is 2.28. The van der Waals surface area contributed by atoms with Gasteiger partial charge < -0.3 is 4.74 Å². The first-order valence-electron chi connectivity index (χ1n) is 2.79. The molecule has 0 aromatic heterocycles. The molecule has 0 heterocycles. The van der Waals surface area contributed by atoms with Crippen molar-refractivity contribution in [2.24, 2.45) is 0 Å². The highest BCUT2D eigenvalue weighted by Gasteiger charge is 2.29. The molecule has 0 rings (SSSR count). The topological polar surface area (TPSA) is 26.3 Å². The SMILES string of the molecule is O=C(OCC(Cl)(Cl)Cl)C(Cl)[C](Cl)Cl. The summed E-state index contributed by atoms with van der Waals surface area (Å²) in [5.41, 5.74) is 0. The van der Waals surface area contributed by atoms with Crippen LogP contribution < -0.4 is 0 Å². The lowest BCUT2D eigenvalue weighted by atomic mass is 10.5. The number of hydrogen-bond acceptors (Lipinski definition) is 2. The van der Waals surface area contributed by atoms with Crippen LogP contribution in [0.25, 0.3) is 0 Å². The second kappa shape index (κ2) is 5.94. The summed E-state index contributed by atoms with van der Waals surface area (Å²) >= 11 is 31.7. The number of halogens is 6. The summed E-state index contributed by atoms with van der Waals surface area (Å²) in [7, 11) is 0. The van der Waals surface area contributed by atoms with E-state index < -0.39 is 21.7 Å². The zero-order chi connectivity index (χ0) is 10.6. The van der Waals surface area contributed by atoms with E-state index in [-0.39, 0.29) is 4.84 Å². The molecular weight excluding hydrogens is 305 g/mol. The number of hydrogen-bond donors (Lipinski definition) is 0. The van der Waals surface area contributed by atoms with Gasteiger partial charge in [0.05, 0.1) is 0 Å². The average Bonchev–Trinajstić information content (AvgIpc) is 1.97. The van der Waals surface area contributed by atoms with Crippen LogP contribution >= 0.6 is 69.6 Å². The molecule has 1 radical (unpaired) electrons. The van der Waals surface area contributed by atoms with E-state index in [1.165, 1.54) is 0 Å². The lowest BCUT2D eigenvalue weighted by Gasteiger charge is -2.13. The quantitative estimate of drug-likeness (QED) is 0.589. The molecule has 0 saturated carbocycles. The Balaban J connectivity index is 3.89. The van der Waals surface area contributed by atoms with Crippen LogP contribution in [0.3, 0.4) is 0 Å². The number of carbonyl (C=O) groups excluding carboxylic acids is 1. The van der Waals surface area contributed by atoms with Gasteiger partial charge in [0.1, 0.15) is 6.61 Å². The molecule has 0 amide bonds. The van der Waals surface area contributed by atoms with Gasteiger partial charge in [0.25, 0.3) is 0 Å². The first-order valence-corrected chi connectivity index (χ1v) is 5.12. The fraction of sp³-hybridized carbons (Fsp3) is 0.600. The maximum atomic E-state index is 10.9. The van der Waals surface area contributed by atoms with Crippen molar-refractivity contribution in [2.75, 3.05) is 6.61 Å². The monoisotopic (exact) mass is 305 g/mol. The minimum absolute atomic E-state index is 0.323. The molecule has 8 heteroatoms. The largest absolute Gasteiger partial charge is 0.460 e. The molecule has 77 valence electrons. The molecule has 0 spiro atoms. The van der Waals surface area contributed by atoms with Gasteiger partial charge in [-0.25, -0.2) is 0 Å². The van der Waals surface area contributed by atoms with E-state index in [9.17, 15) is 4.79 Å². The van der Waals surface area contributed by atoms with Crippen LogP contribution in [0, 0.1) is 4.84 Å². The van der Waals surface area contributed by atoms with Crippen LogP contribution in [0.2, 0.25) is 0 Å². The molecule has 13 heavy (non-hydrogen) atoms. The lowest BCUT2D eigenvalue weighted by molar-refractivity contribution is -0.142. The number of alkyl halides is 4. The minimum Gasteiger partial charge on any atom is -0.460 e. The molecule has 0 aromatic carbocycles. The Labute approximate surface area is 105 Å². The fourth-order valence-corrected chi connectivity index (χ4v) is 0.720. The molecule has 0 aliphatic heterocycles. The van der Waals surface area contributed by atoms with Gasteiger partial charge in [-0.15, -0.1) is 11.6 Å². The van der Waals surface area contributed by atoms with Crippen molar-refractivity contribution in [1.29, 1.82) is 0 Å². The van der Waals surface area contributed by atoms with Crippen molar-refractivity contribution in [3.05, 3.63) is 4.84 Å². The second-order valence-electron chi connectivity index (χ2n) is 1.88. The Bertz CT molecular complexity index is 176. The van der Waals surface area contributed by atoms with Crippen LogP contribution in [-0.2, 0) is 9.53 Å². The van der Waals surface area contributed by atoms with E-state index in [1.807, 2.05) is 0 Å². The summed E-state index contributed by atoms with van der Waals surface area (Å²) in [4.78, 5) is 10.6. The van der Waals surface area contributed by atoms with E-state index in [2.05, 4.69) is 4.74 Å². The van der Waals surface area contributed by atoms with Crippen LogP contribution in [0.1, 0.15) is 0 Å². The number of rotatable bonds is 3. The van der Waals surface area contributed by atoms with Crippen molar-refractivity contribution in [3.63, 3.8) is 0 Å². The van der Waals surface area contributed by atoms with Gasteiger partial charge in [-0.05, 0) is 0 Å². The zero-order valence-corrected chi connectivity index (χ0v) is 10.4. The minimum atomic E-state index is -1.68. The van der Waals surface area contributed by atoms with Crippen molar-refractivity contribution in [2.45, 2.75) is 9.17 Å². The summed E-state index contributed by atoms with van der Waals surface area (Å²) in [6.45, 7) is -0.416. The molecule has 1 atom stereocenters. The van der Waals surface area contributed by atoms with Crippen molar-refractivity contribution >= 4 is 75.6 Å². The summed E-state index contributed by atoms with van der Waals surface area (Å²) < 4.78 is 2.80. The predicted octanol–water partition coefficient (Wildman–Crippen LogP) is 3.47. The third-order valence-electron chi connectivity index (χ3n) is 0.777. The first kappa shape index (κ1) is 14.2. The van der Waals surface area contributed by atoms with E-state index in [0.717, 1.165) is 0 Å². The summed E-state index contributed by atoms with van der Waals surface area (Å²) in [6.07, 6.45) is 0. The normalized spacial score (nSPS) is 14.4.